The smallest absolute Gasteiger partial charge is 0.0826 e. The summed E-state index contributed by atoms with van der Waals surface area (Å²) in [7, 11) is 0. The summed E-state index contributed by atoms with van der Waals surface area (Å²) in [6.45, 7) is 10.2. The van der Waals surface area contributed by atoms with Gasteiger partial charge in [0.15, 0.2) is 0 Å². The molecule has 0 aromatic rings. The van der Waals surface area contributed by atoms with Crippen LogP contribution in [0.4, 0.5) is 0 Å². The molecule has 0 amide bonds. The van der Waals surface area contributed by atoms with Crippen LogP contribution in [0, 0.1) is 11.8 Å². The van der Waals surface area contributed by atoms with Gasteiger partial charge in [0.1, 0.15) is 0 Å². The van der Waals surface area contributed by atoms with Crippen LogP contribution in [0.1, 0.15) is 39.5 Å². The van der Waals surface area contributed by atoms with Gasteiger partial charge in [-0.3, -0.25) is 4.90 Å². The van der Waals surface area contributed by atoms with Crippen molar-refractivity contribution in [3.8, 4) is 0 Å². The molecule has 3 heteroatoms. The third-order valence-electron chi connectivity index (χ3n) is 5.15. The second-order valence-corrected chi connectivity index (χ2v) is 7.20. The van der Waals surface area contributed by atoms with Gasteiger partial charge in [0.25, 0.3) is 0 Å². The molecule has 0 aromatic carbocycles. The summed E-state index contributed by atoms with van der Waals surface area (Å²) < 4.78 is 6.01. The van der Waals surface area contributed by atoms with Crippen LogP contribution in [0.15, 0.2) is 11.6 Å². The fraction of sp³-hybridized carbons (Fsp3) is 0.882. The molecule has 0 saturated carbocycles. The lowest BCUT2D eigenvalue weighted by atomic mass is 9.84. The van der Waals surface area contributed by atoms with Gasteiger partial charge >= 0.3 is 0 Å². The third kappa shape index (κ3) is 3.63. The SMILES string of the molecule is CC1=CC(C)CC(CNCC2CN3CCCC3CO2)C1. The van der Waals surface area contributed by atoms with Gasteiger partial charge < -0.3 is 10.1 Å². The summed E-state index contributed by atoms with van der Waals surface area (Å²) in [5.74, 6) is 1.57. The Morgan fingerprint density at radius 3 is 3.15 bits per heavy atom. The molecule has 4 atom stereocenters. The minimum Gasteiger partial charge on any atom is -0.374 e. The van der Waals surface area contributed by atoms with Crippen LogP contribution in [-0.4, -0.2) is 49.8 Å². The van der Waals surface area contributed by atoms with Crippen LogP contribution in [0.25, 0.3) is 0 Å². The molecule has 0 aromatic heterocycles. The normalized spacial score (nSPS) is 38.6. The number of ether oxygens (including phenoxy) is 1. The Labute approximate surface area is 123 Å². The van der Waals surface area contributed by atoms with E-state index in [0.717, 1.165) is 44.1 Å². The summed E-state index contributed by atoms with van der Waals surface area (Å²) in [5.41, 5.74) is 1.57. The van der Waals surface area contributed by atoms with Crippen molar-refractivity contribution in [1.82, 2.24) is 10.2 Å². The maximum absolute atomic E-state index is 6.01. The lowest BCUT2D eigenvalue weighted by Gasteiger charge is -2.35. The number of hydrogen-bond donors (Lipinski definition) is 1. The summed E-state index contributed by atoms with van der Waals surface area (Å²) >= 11 is 0. The van der Waals surface area contributed by atoms with Crippen LogP contribution < -0.4 is 5.32 Å². The Kier molecular flexibility index (Phi) is 4.79. The van der Waals surface area contributed by atoms with Crippen molar-refractivity contribution >= 4 is 0 Å². The molecule has 2 fully saturated rings. The van der Waals surface area contributed by atoms with Crippen molar-refractivity contribution in [2.75, 3.05) is 32.8 Å². The zero-order valence-electron chi connectivity index (χ0n) is 13.1. The van der Waals surface area contributed by atoms with E-state index in [9.17, 15) is 0 Å². The molecule has 1 aliphatic carbocycles. The standard InChI is InChI=1S/C17H30N2O/c1-13-6-14(2)8-15(7-13)9-18-10-17-11-19-5-3-4-16(19)12-20-17/h6,13,15-18H,3-5,7-12H2,1-2H3. The van der Waals surface area contributed by atoms with Gasteiger partial charge in [0, 0.05) is 19.1 Å². The molecule has 0 radical (unpaired) electrons. The second kappa shape index (κ2) is 6.59. The van der Waals surface area contributed by atoms with Crippen molar-refractivity contribution in [2.24, 2.45) is 11.8 Å². The molecule has 20 heavy (non-hydrogen) atoms. The van der Waals surface area contributed by atoms with E-state index in [0.29, 0.717) is 6.10 Å². The highest BCUT2D eigenvalue weighted by atomic mass is 16.5. The third-order valence-corrected chi connectivity index (χ3v) is 5.15. The zero-order chi connectivity index (χ0) is 13.9. The summed E-state index contributed by atoms with van der Waals surface area (Å²) in [5, 5.41) is 3.67. The number of hydrogen-bond acceptors (Lipinski definition) is 3. The first-order chi connectivity index (χ1) is 9.70. The highest BCUT2D eigenvalue weighted by Gasteiger charge is 2.32. The van der Waals surface area contributed by atoms with E-state index in [4.69, 9.17) is 4.74 Å². The quantitative estimate of drug-likeness (QED) is 0.799. The second-order valence-electron chi connectivity index (χ2n) is 7.20. The molecule has 2 aliphatic heterocycles. The van der Waals surface area contributed by atoms with E-state index >= 15 is 0 Å². The number of rotatable bonds is 4. The molecule has 2 saturated heterocycles. The molecule has 3 aliphatic rings. The lowest BCUT2D eigenvalue weighted by molar-refractivity contribution is -0.0471. The number of morpholine rings is 1. The molecule has 2 heterocycles. The topological polar surface area (TPSA) is 24.5 Å². The monoisotopic (exact) mass is 278 g/mol. The van der Waals surface area contributed by atoms with Gasteiger partial charge in [-0.05, 0) is 57.5 Å². The summed E-state index contributed by atoms with van der Waals surface area (Å²) in [6.07, 6.45) is 8.16. The maximum atomic E-state index is 6.01. The molecule has 1 N–H and O–H groups in total. The summed E-state index contributed by atoms with van der Waals surface area (Å²) in [6, 6.07) is 0.721. The van der Waals surface area contributed by atoms with Crippen LogP contribution in [0.2, 0.25) is 0 Å². The van der Waals surface area contributed by atoms with Gasteiger partial charge in [-0.25, -0.2) is 0 Å². The highest BCUT2D eigenvalue weighted by Crippen LogP contribution is 2.27. The fourth-order valence-corrected chi connectivity index (χ4v) is 4.30. The largest absolute Gasteiger partial charge is 0.374 e. The molecular weight excluding hydrogens is 248 g/mol. The number of nitrogens with one attached hydrogen (secondary N) is 1. The van der Waals surface area contributed by atoms with E-state index in [1.54, 1.807) is 5.57 Å². The highest BCUT2D eigenvalue weighted by molar-refractivity contribution is 5.06. The van der Waals surface area contributed by atoms with E-state index in [1.807, 2.05) is 0 Å². The molecule has 4 unspecified atom stereocenters. The molecule has 0 spiro atoms. The predicted molar refractivity (Wildman–Crippen MR) is 82.8 cm³/mol. The van der Waals surface area contributed by atoms with Crippen LogP contribution in [0.5, 0.6) is 0 Å². The molecule has 3 rings (SSSR count). The molecular formula is C17H30N2O. The Balaban J connectivity index is 1.37. The Morgan fingerprint density at radius 1 is 1.40 bits per heavy atom. The van der Waals surface area contributed by atoms with Crippen molar-refractivity contribution in [3.05, 3.63) is 11.6 Å². The van der Waals surface area contributed by atoms with Crippen LogP contribution >= 0.6 is 0 Å². The van der Waals surface area contributed by atoms with E-state index in [1.165, 1.54) is 32.2 Å². The van der Waals surface area contributed by atoms with Gasteiger partial charge in [-0.15, -0.1) is 0 Å². The van der Waals surface area contributed by atoms with E-state index < -0.39 is 0 Å². The Bertz CT molecular complexity index is 355. The van der Waals surface area contributed by atoms with Gasteiger partial charge in [-0.2, -0.15) is 0 Å². The molecule has 114 valence electrons. The van der Waals surface area contributed by atoms with Crippen molar-refractivity contribution < 1.29 is 4.74 Å². The minimum atomic E-state index is 0.405. The summed E-state index contributed by atoms with van der Waals surface area (Å²) in [4.78, 5) is 2.63. The first kappa shape index (κ1) is 14.6. The van der Waals surface area contributed by atoms with Crippen molar-refractivity contribution in [1.29, 1.82) is 0 Å². The first-order valence-electron chi connectivity index (χ1n) is 8.44. The average molecular weight is 278 g/mol. The van der Waals surface area contributed by atoms with E-state index in [-0.39, 0.29) is 0 Å². The van der Waals surface area contributed by atoms with Crippen molar-refractivity contribution in [2.45, 2.75) is 51.7 Å². The average Bonchev–Trinajstić information content (AvgIpc) is 2.85. The number of nitrogens with zero attached hydrogens (tertiary/aromatic N) is 1. The minimum absolute atomic E-state index is 0.405. The Hall–Kier alpha value is -0.380. The molecule has 0 bridgehead atoms. The first-order valence-corrected chi connectivity index (χ1v) is 8.44. The Morgan fingerprint density at radius 2 is 2.30 bits per heavy atom. The lowest BCUT2D eigenvalue weighted by Crippen LogP contribution is -2.49. The van der Waals surface area contributed by atoms with Gasteiger partial charge in [-0.1, -0.05) is 18.6 Å². The zero-order valence-corrected chi connectivity index (χ0v) is 13.1. The van der Waals surface area contributed by atoms with E-state index in [2.05, 4.69) is 30.1 Å². The van der Waals surface area contributed by atoms with Crippen molar-refractivity contribution in [3.63, 3.8) is 0 Å². The van der Waals surface area contributed by atoms with Gasteiger partial charge in [0.05, 0.1) is 12.7 Å². The molecule has 3 nitrogen and oxygen atoms in total. The fourth-order valence-electron chi connectivity index (χ4n) is 4.30. The van der Waals surface area contributed by atoms with Crippen LogP contribution in [0.3, 0.4) is 0 Å². The number of fused-ring (bicyclic) bond motifs is 1. The predicted octanol–water partition coefficient (Wildman–Crippen LogP) is 2.43. The maximum Gasteiger partial charge on any atom is 0.0826 e. The van der Waals surface area contributed by atoms with Crippen LogP contribution in [-0.2, 0) is 4.74 Å². The van der Waals surface area contributed by atoms with Gasteiger partial charge in [0.2, 0.25) is 0 Å². The number of allylic oxidation sites excluding steroid dienone is 2.